The van der Waals surface area contributed by atoms with Gasteiger partial charge >= 0.3 is 0 Å². The van der Waals surface area contributed by atoms with Gasteiger partial charge in [-0.15, -0.1) is 0 Å². The first kappa shape index (κ1) is 18.9. The molecule has 5 nitrogen and oxygen atoms in total. The second-order valence-corrected chi connectivity index (χ2v) is 7.52. The number of amides is 1. The lowest BCUT2D eigenvalue weighted by Crippen LogP contribution is -2.27. The lowest BCUT2D eigenvalue weighted by atomic mass is 10.0. The van der Waals surface area contributed by atoms with Crippen LogP contribution in [0, 0.1) is 6.92 Å². The smallest absolute Gasteiger partial charge is 0.277 e. The highest BCUT2D eigenvalue weighted by Crippen LogP contribution is 2.31. The zero-order valence-electron chi connectivity index (χ0n) is 16.7. The van der Waals surface area contributed by atoms with Crippen molar-refractivity contribution in [1.29, 1.82) is 0 Å². The minimum atomic E-state index is -0.412. The lowest BCUT2D eigenvalue weighted by molar-refractivity contribution is -0.123. The summed E-state index contributed by atoms with van der Waals surface area (Å²) in [6, 6.07) is 17.2. The normalized spacial score (nSPS) is 14.1. The summed E-state index contributed by atoms with van der Waals surface area (Å²) in [7, 11) is 0. The van der Waals surface area contributed by atoms with Gasteiger partial charge in [-0.1, -0.05) is 62.4 Å². The minimum absolute atomic E-state index is 0.175. The maximum Gasteiger partial charge on any atom is 0.277 e. The minimum Gasteiger partial charge on any atom is -0.483 e. The molecule has 29 heavy (non-hydrogen) atoms. The molecule has 0 bridgehead atoms. The molecule has 0 fully saturated rings. The predicted octanol–water partition coefficient (Wildman–Crippen LogP) is 4.37. The van der Waals surface area contributed by atoms with Gasteiger partial charge in [0.05, 0.1) is 0 Å². The van der Waals surface area contributed by atoms with Crippen LogP contribution in [0.15, 0.2) is 59.7 Å². The molecule has 0 aliphatic heterocycles. The summed E-state index contributed by atoms with van der Waals surface area (Å²) in [6.45, 7) is 5.96. The van der Waals surface area contributed by atoms with Crippen LogP contribution in [0.3, 0.4) is 0 Å². The van der Waals surface area contributed by atoms with Crippen molar-refractivity contribution in [2.24, 2.45) is 5.10 Å². The average molecular weight is 386 g/mol. The Labute approximate surface area is 169 Å². The van der Waals surface area contributed by atoms with Crippen molar-refractivity contribution < 1.29 is 14.3 Å². The highest BCUT2D eigenvalue weighted by Gasteiger charge is 2.28. The Kier molecular flexibility index (Phi) is 4.89. The highest BCUT2D eigenvalue weighted by molar-refractivity contribution is 6.59. The number of aryl methyl sites for hydroxylation is 1. The number of carbonyl (C=O) groups excluding carboxylic acids is 2. The van der Waals surface area contributed by atoms with Gasteiger partial charge in [0, 0.05) is 16.5 Å². The van der Waals surface area contributed by atoms with Crippen LogP contribution < -0.4 is 10.2 Å². The molecule has 1 aliphatic carbocycles. The molecule has 0 saturated carbocycles. The summed E-state index contributed by atoms with van der Waals surface area (Å²) < 4.78 is 5.74. The molecule has 0 radical (unpaired) electrons. The van der Waals surface area contributed by atoms with E-state index in [0.29, 0.717) is 11.3 Å². The Morgan fingerprint density at radius 1 is 1.07 bits per heavy atom. The second kappa shape index (κ2) is 7.51. The van der Waals surface area contributed by atoms with E-state index >= 15 is 0 Å². The van der Waals surface area contributed by atoms with Gasteiger partial charge in [-0.3, -0.25) is 9.59 Å². The van der Waals surface area contributed by atoms with Gasteiger partial charge in [-0.25, -0.2) is 5.43 Å². The van der Waals surface area contributed by atoms with Crippen molar-refractivity contribution in [1.82, 2.24) is 5.43 Å². The van der Waals surface area contributed by atoms with Gasteiger partial charge in [0.2, 0.25) is 5.78 Å². The maximum atomic E-state index is 12.7. The first-order valence-electron chi connectivity index (χ1n) is 9.62. The Morgan fingerprint density at radius 2 is 1.79 bits per heavy atom. The quantitative estimate of drug-likeness (QED) is 0.662. The molecule has 0 saturated heterocycles. The summed E-state index contributed by atoms with van der Waals surface area (Å²) in [6.07, 6.45) is 0. The van der Waals surface area contributed by atoms with Gasteiger partial charge in [-0.05, 0) is 35.4 Å². The number of ether oxygens (including phenoxy) is 1. The maximum absolute atomic E-state index is 12.7. The topological polar surface area (TPSA) is 67.8 Å². The van der Waals surface area contributed by atoms with E-state index in [4.69, 9.17) is 4.74 Å². The number of rotatable bonds is 5. The van der Waals surface area contributed by atoms with E-state index in [-0.39, 0.29) is 24.0 Å². The average Bonchev–Trinajstić information content (AvgIpc) is 2.98. The van der Waals surface area contributed by atoms with Gasteiger partial charge in [0.25, 0.3) is 5.91 Å². The predicted molar refractivity (Wildman–Crippen MR) is 114 cm³/mol. The summed E-state index contributed by atoms with van der Waals surface area (Å²) >= 11 is 0. The van der Waals surface area contributed by atoms with Gasteiger partial charge in [-0.2, -0.15) is 5.10 Å². The van der Waals surface area contributed by atoms with Crippen LogP contribution >= 0.6 is 0 Å². The number of nitrogens with one attached hydrogen (secondary N) is 1. The van der Waals surface area contributed by atoms with Crippen LogP contribution in [0.5, 0.6) is 5.75 Å². The summed E-state index contributed by atoms with van der Waals surface area (Å²) in [5.74, 6) is 0.379. The third kappa shape index (κ3) is 3.51. The van der Waals surface area contributed by atoms with Crippen molar-refractivity contribution in [2.75, 3.05) is 6.61 Å². The fourth-order valence-corrected chi connectivity index (χ4v) is 3.63. The van der Waals surface area contributed by atoms with E-state index in [1.165, 1.54) is 0 Å². The molecule has 0 unspecified atom stereocenters. The molecule has 5 heteroatoms. The van der Waals surface area contributed by atoms with E-state index in [1.807, 2.05) is 55.5 Å². The van der Waals surface area contributed by atoms with Crippen LogP contribution in [-0.4, -0.2) is 24.0 Å². The van der Waals surface area contributed by atoms with Crippen molar-refractivity contribution in [3.8, 4) is 5.75 Å². The second-order valence-electron chi connectivity index (χ2n) is 7.52. The largest absolute Gasteiger partial charge is 0.483 e. The molecule has 146 valence electrons. The Balaban J connectivity index is 1.50. The standard InChI is InChI=1S/C24H22N2O3/c1-14(2)17-11-10-15(3)12-20(17)29-13-21(27)25-26-23-18-8-4-6-16-7-5-9-19(22(16)18)24(23)28/h4-12,14H,13H2,1-3H3,(H,25,27). The molecule has 1 N–H and O–H groups in total. The number of benzene rings is 3. The van der Waals surface area contributed by atoms with E-state index in [9.17, 15) is 9.59 Å². The number of hydrogen-bond donors (Lipinski definition) is 1. The SMILES string of the molecule is Cc1ccc(C(C)C)c(OCC(=O)NN=C2C(=O)c3cccc4cccc2c34)c1. The molecule has 1 amide bonds. The van der Waals surface area contributed by atoms with Gasteiger partial charge in [0.15, 0.2) is 6.61 Å². The van der Waals surface area contributed by atoms with E-state index in [1.54, 1.807) is 6.07 Å². The van der Waals surface area contributed by atoms with Crippen molar-refractivity contribution >= 4 is 28.2 Å². The Bertz CT molecular complexity index is 1160. The van der Waals surface area contributed by atoms with Crippen LogP contribution in [0.1, 0.15) is 46.8 Å². The van der Waals surface area contributed by atoms with Crippen molar-refractivity contribution in [2.45, 2.75) is 26.7 Å². The molecular weight excluding hydrogens is 364 g/mol. The zero-order valence-corrected chi connectivity index (χ0v) is 16.7. The fraction of sp³-hybridized carbons (Fsp3) is 0.208. The first-order valence-corrected chi connectivity index (χ1v) is 9.62. The third-order valence-corrected chi connectivity index (χ3v) is 5.06. The molecule has 0 spiro atoms. The van der Waals surface area contributed by atoms with Crippen molar-refractivity contribution in [3.63, 3.8) is 0 Å². The Morgan fingerprint density at radius 3 is 2.52 bits per heavy atom. The summed E-state index contributed by atoms with van der Waals surface area (Å²) in [4.78, 5) is 25.0. The molecule has 0 atom stereocenters. The van der Waals surface area contributed by atoms with E-state index < -0.39 is 5.91 Å². The molecule has 1 aliphatic rings. The molecular formula is C24H22N2O3. The van der Waals surface area contributed by atoms with E-state index in [0.717, 1.165) is 27.5 Å². The highest BCUT2D eigenvalue weighted by atomic mass is 16.5. The number of carbonyl (C=O) groups is 2. The fourth-order valence-electron chi connectivity index (χ4n) is 3.63. The molecule has 4 rings (SSSR count). The Hall–Kier alpha value is -3.47. The van der Waals surface area contributed by atoms with Crippen molar-refractivity contribution in [3.05, 3.63) is 76.9 Å². The molecule has 0 heterocycles. The molecule has 3 aromatic rings. The number of ketones is 1. The number of nitrogens with zero attached hydrogens (tertiary/aromatic N) is 1. The number of hydrazone groups is 1. The van der Waals surface area contributed by atoms with Crippen LogP contribution in [0.2, 0.25) is 0 Å². The summed E-state index contributed by atoms with van der Waals surface area (Å²) in [5.41, 5.74) is 6.18. The molecule has 0 aromatic heterocycles. The molecule has 3 aromatic carbocycles. The van der Waals surface area contributed by atoms with Crippen LogP contribution in [0.25, 0.3) is 10.8 Å². The van der Waals surface area contributed by atoms with Gasteiger partial charge in [0.1, 0.15) is 11.5 Å². The van der Waals surface area contributed by atoms with Crippen LogP contribution in [0.4, 0.5) is 0 Å². The number of Topliss-reactive ketones (excluding diaryl/α,β-unsaturated/α-hetero) is 1. The first-order chi connectivity index (χ1) is 14.0. The summed E-state index contributed by atoms with van der Waals surface area (Å²) in [5, 5.41) is 5.98. The monoisotopic (exact) mass is 386 g/mol. The third-order valence-electron chi connectivity index (χ3n) is 5.06. The van der Waals surface area contributed by atoms with E-state index in [2.05, 4.69) is 24.4 Å². The van der Waals surface area contributed by atoms with Crippen LogP contribution in [-0.2, 0) is 4.79 Å². The van der Waals surface area contributed by atoms with Gasteiger partial charge < -0.3 is 4.74 Å². The lowest BCUT2D eigenvalue weighted by Gasteiger charge is -2.14. The zero-order chi connectivity index (χ0) is 20.5. The number of hydrogen-bond acceptors (Lipinski definition) is 4.